The number of nitrogens with one attached hydrogen (secondary N) is 1. The van der Waals surface area contributed by atoms with Crippen LogP contribution in [0.3, 0.4) is 0 Å². The first-order valence-corrected chi connectivity index (χ1v) is 8.62. The highest BCUT2D eigenvalue weighted by Crippen LogP contribution is 2.26. The molecule has 2 rings (SSSR count). The molecule has 0 aliphatic heterocycles. The third-order valence-corrected chi connectivity index (χ3v) is 4.05. The van der Waals surface area contributed by atoms with Crippen LogP contribution in [0.1, 0.15) is 12.0 Å². The van der Waals surface area contributed by atoms with Crippen molar-refractivity contribution in [3.8, 4) is 11.6 Å². The molecule has 0 fully saturated rings. The van der Waals surface area contributed by atoms with Gasteiger partial charge in [0.15, 0.2) is 0 Å². The van der Waals surface area contributed by atoms with E-state index in [2.05, 4.69) is 26.2 Å². The maximum absolute atomic E-state index is 12.2. The zero-order valence-corrected chi connectivity index (χ0v) is 15.8. The second-order valence-electron chi connectivity index (χ2n) is 5.21. The second kappa shape index (κ2) is 10.0. The van der Waals surface area contributed by atoms with Gasteiger partial charge in [0.1, 0.15) is 18.0 Å². The Balaban J connectivity index is 1.91. The Morgan fingerprint density at radius 2 is 2.08 bits per heavy atom. The SMILES string of the molecule is COCCOc1ncccc1NC(=O)CCc1ccc(OC)c(Br)c1. The van der Waals surface area contributed by atoms with Gasteiger partial charge in [-0.05, 0) is 52.2 Å². The van der Waals surface area contributed by atoms with E-state index in [0.717, 1.165) is 15.8 Å². The van der Waals surface area contributed by atoms with Gasteiger partial charge < -0.3 is 19.5 Å². The number of amides is 1. The Morgan fingerprint density at radius 3 is 2.80 bits per heavy atom. The largest absolute Gasteiger partial charge is 0.496 e. The molecule has 0 radical (unpaired) electrons. The third kappa shape index (κ3) is 6.03. The average Bonchev–Trinajstić information content (AvgIpc) is 2.62. The van der Waals surface area contributed by atoms with Gasteiger partial charge in [0.05, 0.1) is 18.2 Å². The molecule has 0 aliphatic carbocycles. The van der Waals surface area contributed by atoms with Crippen LogP contribution < -0.4 is 14.8 Å². The zero-order chi connectivity index (χ0) is 18.1. The van der Waals surface area contributed by atoms with Gasteiger partial charge in [0.25, 0.3) is 0 Å². The molecule has 25 heavy (non-hydrogen) atoms. The molecule has 0 saturated heterocycles. The monoisotopic (exact) mass is 408 g/mol. The molecule has 1 amide bonds. The summed E-state index contributed by atoms with van der Waals surface area (Å²) in [7, 11) is 3.22. The summed E-state index contributed by atoms with van der Waals surface area (Å²) in [5.74, 6) is 1.05. The molecule has 1 aromatic carbocycles. The lowest BCUT2D eigenvalue weighted by atomic mass is 10.1. The minimum absolute atomic E-state index is 0.100. The van der Waals surface area contributed by atoms with Gasteiger partial charge >= 0.3 is 0 Å². The highest BCUT2D eigenvalue weighted by atomic mass is 79.9. The second-order valence-corrected chi connectivity index (χ2v) is 6.07. The summed E-state index contributed by atoms with van der Waals surface area (Å²) in [4.78, 5) is 16.4. The Morgan fingerprint density at radius 1 is 1.24 bits per heavy atom. The Labute approximate surface area is 155 Å². The zero-order valence-electron chi connectivity index (χ0n) is 14.3. The van der Waals surface area contributed by atoms with Crippen molar-refractivity contribution in [2.75, 3.05) is 32.8 Å². The summed E-state index contributed by atoms with van der Waals surface area (Å²) >= 11 is 3.45. The molecule has 1 N–H and O–H groups in total. The molecule has 0 atom stereocenters. The number of anilines is 1. The lowest BCUT2D eigenvalue weighted by molar-refractivity contribution is -0.116. The molecule has 0 spiro atoms. The summed E-state index contributed by atoms with van der Waals surface area (Å²) in [5, 5.41) is 2.84. The molecule has 0 unspecified atom stereocenters. The lowest BCUT2D eigenvalue weighted by Crippen LogP contribution is -2.14. The smallest absolute Gasteiger partial charge is 0.237 e. The number of aromatic nitrogens is 1. The molecule has 134 valence electrons. The fourth-order valence-electron chi connectivity index (χ4n) is 2.16. The number of hydrogen-bond acceptors (Lipinski definition) is 5. The number of benzene rings is 1. The van der Waals surface area contributed by atoms with E-state index in [1.165, 1.54) is 0 Å². The van der Waals surface area contributed by atoms with Crippen molar-refractivity contribution in [3.63, 3.8) is 0 Å². The number of aryl methyl sites for hydroxylation is 1. The number of halogens is 1. The first-order valence-electron chi connectivity index (χ1n) is 7.83. The topological polar surface area (TPSA) is 69.7 Å². The minimum Gasteiger partial charge on any atom is -0.496 e. The van der Waals surface area contributed by atoms with Gasteiger partial charge in [-0.15, -0.1) is 0 Å². The van der Waals surface area contributed by atoms with E-state index in [9.17, 15) is 4.79 Å². The van der Waals surface area contributed by atoms with Crippen LogP contribution in [-0.2, 0) is 16.0 Å². The number of carbonyl (C=O) groups excluding carboxylic acids is 1. The van der Waals surface area contributed by atoms with E-state index in [0.29, 0.717) is 37.6 Å². The molecule has 1 heterocycles. The number of hydrogen-bond donors (Lipinski definition) is 1. The molecule has 6 nitrogen and oxygen atoms in total. The van der Waals surface area contributed by atoms with E-state index in [1.807, 2.05) is 18.2 Å². The Hall–Kier alpha value is -2.12. The van der Waals surface area contributed by atoms with Crippen molar-refractivity contribution in [1.29, 1.82) is 0 Å². The van der Waals surface area contributed by atoms with Crippen molar-refractivity contribution in [2.24, 2.45) is 0 Å². The summed E-state index contributed by atoms with van der Waals surface area (Å²) < 4.78 is 16.5. The van der Waals surface area contributed by atoms with Crippen LogP contribution in [0.2, 0.25) is 0 Å². The van der Waals surface area contributed by atoms with Gasteiger partial charge in [-0.3, -0.25) is 4.79 Å². The third-order valence-electron chi connectivity index (χ3n) is 3.43. The number of methoxy groups -OCH3 is 2. The van der Waals surface area contributed by atoms with Crippen LogP contribution in [0, 0.1) is 0 Å². The molecule has 0 bridgehead atoms. The Bertz CT molecular complexity index is 709. The quantitative estimate of drug-likeness (QED) is 0.643. The average molecular weight is 409 g/mol. The molecule has 0 aliphatic rings. The fourth-order valence-corrected chi connectivity index (χ4v) is 2.75. The number of pyridine rings is 1. The van der Waals surface area contributed by atoms with Crippen LogP contribution >= 0.6 is 15.9 Å². The number of nitrogens with zero attached hydrogens (tertiary/aromatic N) is 1. The van der Waals surface area contributed by atoms with Crippen LogP contribution in [0.15, 0.2) is 41.0 Å². The molecular formula is C18H21BrN2O4. The molecule has 1 aromatic heterocycles. The van der Waals surface area contributed by atoms with E-state index < -0.39 is 0 Å². The van der Waals surface area contributed by atoms with Gasteiger partial charge in [-0.25, -0.2) is 4.98 Å². The van der Waals surface area contributed by atoms with Crippen molar-refractivity contribution < 1.29 is 19.0 Å². The first-order chi connectivity index (χ1) is 12.1. The number of carbonyl (C=O) groups is 1. The summed E-state index contributed by atoms with van der Waals surface area (Å²) in [6.45, 7) is 0.826. The minimum atomic E-state index is -0.100. The predicted octanol–water partition coefficient (Wildman–Crippen LogP) is 3.45. The van der Waals surface area contributed by atoms with E-state index in [-0.39, 0.29) is 5.91 Å². The highest BCUT2D eigenvalue weighted by molar-refractivity contribution is 9.10. The Kier molecular flexibility index (Phi) is 7.69. The first kappa shape index (κ1) is 19.2. The van der Waals surface area contributed by atoms with E-state index >= 15 is 0 Å². The molecule has 2 aromatic rings. The van der Waals surface area contributed by atoms with Crippen LogP contribution in [0.4, 0.5) is 5.69 Å². The molecular weight excluding hydrogens is 388 g/mol. The summed E-state index contributed by atoms with van der Waals surface area (Å²) in [6.07, 6.45) is 2.59. The van der Waals surface area contributed by atoms with E-state index in [1.54, 1.807) is 32.5 Å². The van der Waals surface area contributed by atoms with Gasteiger partial charge in [0.2, 0.25) is 11.8 Å². The van der Waals surface area contributed by atoms with Crippen molar-refractivity contribution in [1.82, 2.24) is 4.98 Å². The van der Waals surface area contributed by atoms with Crippen LogP contribution in [0.25, 0.3) is 0 Å². The number of ether oxygens (including phenoxy) is 3. The number of rotatable bonds is 9. The van der Waals surface area contributed by atoms with Gasteiger partial charge in [0, 0.05) is 19.7 Å². The van der Waals surface area contributed by atoms with Crippen LogP contribution in [-0.4, -0.2) is 38.3 Å². The summed E-state index contributed by atoms with van der Waals surface area (Å²) in [6, 6.07) is 9.28. The molecule has 0 saturated carbocycles. The lowest BCUT2D eigenvalue weighted by Gasteiger charge is -2.11. The maximum Gasteiger partial charge on any atom is 0.237 e. The maximum atomic E-state index is 12.2. The van der Waals surface area contributed by atoms with Crippen molar-refractivity contribution in [3.05, 3.63) is 46.6 Å². The van der Waals surface area contributed by atoms with Gasteiger partial charge in [-0.1, -0.05) is 6.07 Å². The molecule has 7 heteroatoms. The van der Waals surface area contributed by atoms with Gasteiger partial charge in [-0.2, -0.15) is 0 Å². The van der Waals surface area contributed by atoms with Crippen molar-refractivity contribution >= 4 is 27.5 Å². The van der Waals surface area contributed by atoms with E-state index in [4.69, 9.17) is 14.2 Å². The normalized spacial score (nSPS) is 10.4. The van der Waals surface area contributed by atoms with Crippen LogP contribution in [0.5, 0.6) is 11.6 Å². The highest BCUT2D eigenvalue weighted by Gasteiger charge is 2.10. The fraction of sp³-hybridized carbons (Fsp3) is 0.333. The van der Waals surface area contributed by atoms with Crippen molar-refractivity contribution in [2.45, 2.75) is 12.8 Å². The standard InChI is InChI=1S/C18H21BrN2O4/c1-23-10-11-25-18-15(4-3-9-20-18)21-17(22)8-6-13-5-7-16(24-2)14(19)12-13/h3-5,7,9,12H,6,8,10-11H2,1-2H3,(H,21,22). The predicted molar refractivity (Wildman–Crippen MR) is 99.3 cm³/mol. The summed E-state index contributed by atoms with van der Waals surface area (Å²) in [5.41, 5.74) is 1.60.